The summed E-state index contributed by atoms with van der Waals surface area (Å²) in [5.41, 5.74) is 5.52. The topological polar surface area (TPSA) is 66.9 Å². The summed E-state index contributed by atoms with van der Waals surface area (Å²) < 4.78 is 5.62. The molecule has 28 heavy (non-hydrogen) atoms. The minimum absolute atomic E-state index is 0.0779. The molecule has 4 heterocycles. The van der Waals surface area contributed by atoms with E-state index in [9.17, 15) is 0 Å². The SMILES string of the molecule is COc1nc2ccccc2cc1CN1CCc2[nH]cnc2[C@@H]1c1ccncc1. The highest BCUT2D eigenvalue weighted by atomic mass is 16.5. The second-order valence-corrected chi connectivity index (χ2v) is 7.02. The van der Waals surface area contributed by atoms with Crippen molar-refractivity contribution >= 4 is 10.9 Å². The summed E-state index contributed by atoms with van der Waals surface area (Å²) in [6.07, 6.45) is 6.42. The lowest BCUT2D eigenvalue weighted by Crippen LogP contribution is -2.36. The van der Waals surface area contributed by atoms with Crippen molar-refractivity contribution in [2.24, 2.45) is 0 Å². The van der Waals surface area contributed by atoms with Gasteiger partial charge in [0.2, 0.25) is 5.88 Å². The van der Waals surface area contributed by atoms with Crippen LogP contribution in [-0.4, -0.2) is 38.5 Å². The van der Waals surface area contributed by atoms with Gasteiger partial charge in [0.1, 0.15) is 0 Å². The van der Waals surface area contributed by atoms with E-state index < -0.39 is 0 Å². The molecule has 0 saturated heterocycles. The first kappa shape index (κ1) is 16.9. The Morgan fingerprint density at radius 3 is 2.89 bits per heavy atom. The van der Waals surface area contributed by atoms with Gasteiger partial charge in [-0.25, -0.2) is 9.97 Å². The van der Waals surface area contributed by atoms with Gasteiger partial charge in [0.15, 0.2) is 0 Å². The van der Waals surface area contributed by atoms with Gasteiger partial charge >= 0.3 is 0 Å². The highest BCUT2D eigenvalue weighted by molar-refractivity contribution is 5.80. The summed E-state index contributed by atoms with van der Waals surface area (Å²) in [6.45, 7) is 1.67. The first-order chi connectivity index (χ1) is 13.8. The molecular weight excluding hydrogens is 350 g/mol. The second kappa shape index (κ2) is 7.05. The van der Waals surface area contributed by atoms with E-state index in [4.69, 9.17) is 9.72 Å². The molecule has 1 N–H and O–H groups in total. The van der Waals surface area contributed by atoms with Gasteiger partial charge in [0.05, 0.1) is 30.7 Å². The van der Waals surface area contributed by atoms with Gasteiger partial charge in [-0.2, -0.15) is 0 Å². The molecule has 140 valence electrons. The summed E-state index contributed by atoms with van der Waals surface area (Å²) in [7, 11) is 1.68. The molecule has 4 aromatic rings. The van der Waals surface area contributed by atoms with Crippen molar-refractivity contribution in [3.63, 3.8) is 0 Å². The number of ether oxygens (including phenoxy) is 1. The van der Waals surface area contributed by atoms with Crippen LogP contribution in [0.5, 0.6) is 5.88 Å². The summed E-state index contributed by atoms with van der Waals surface area (Å²) in [6, 6.07) is 14.5. The highest BCUT2D eigenvalue weighted by Crippen LogP contribution is 2.35. The molecule has 1 atom stereocenters. The summed E-state index contributed by atoms with van der Waals surface area (Å²) in [5.74, 6) is 0.681. The van der Waals surface area contributed by atoms with Crippen LogP contribution in [0.2, 0.25) is 0 Å². The Labute approximate surface area is 163 Å². The number of aromatic nitrogens is 4. The number of H-pyrrole nitrogens is 1. The van der Waals surface area contributed by atoms with E-state index in [0.29, 0.717) is 5.88 Å². The van der Waals surface area contributed by atoms with Crippen LogP contribution < -0.4 is 4.74 Å². The Morgan fingerprint density at radius 2 is 2.04 bits per heavy atom. The Hall–Kier alpha value is -3.25. The van der Waals surface area contributed by atoms with Crippen molar-refractivity contribution in [1.29, 1.82) is 0 Å². The third-order valence-corrected chi connectivity index (χ3v) is 5.38. The number of para-hydroxylation sites is 1. The lowest BCUT2D eigenvalue weighted by Gasteiger charge is -2.35. The van der Waals surface area contributed by atoms with Crippen molar-refractivity contribution in [3.05, 3.63) is 83.7 Å². The van der Waals surface area contributed by atoms with Gasteiger partial charge in [-0.3, -0.25) is 9.88 Å². The summed E-state index contributed by atoms with van der Waals surface area (Å²) >= 11 is 0. The molecule has 6 nitrogen and oxygen atoms in total. The molecule has 1 aromatic carbocycles. The Kier molecular flexibility index (Phi) is 4.25. The predicted molar refractivity (Wildman–Crippen MR) is 107 cm³/mol. The predicted octanol–water partition coefficient (Wildman–Crippen LogP) is 3.51. The van der Waals surface area contributed by atoms with Gasteiger partial charge < -0.3 is 9.72 Å². The zero-order valence-corrected chi connectivity index (χ0v) is 15.7. The van der Waals surface area contributed by atoms with Crippen molar-refractivity contribution in [2.45, 2.75) is 19.0 Å². The molecule has 6 heteroatoms. The van der Waals surface area contributed by atoms with Crippen LogP contribution in [0.3, 0.4) is 0 Å². The molecule has 5 rings (SSSR count). The number of rotatable bonds is 4. The van der Waals surface area contributed by atoms with Crippen molar-refractivity contribution in [3.8, 4) is 5.88 Å². The van der Waals surface area contributed by atoms with Crippen LogP contribution in [0.15, 0.2) is 61.2 Å². The molecule has 0 bridgehead atoms. The zero-order valence-electron chi connectivity index (χ0n) is 15.7. The number of fused-ring (bicyclic) bond motifs is 2. The largest absolute Gasteiger partial charge is 0.481 e. The fourth-order valence-corrected chi connectivity index (χ4v) is 4.06. The fourth-order valence-electron chi connectivity index (χ4n) is 4.06. The number of nitrogens with one attached hydrogen (secondary N) is 1. The van der Waals surface area contributed by atoms with Gasteiger partial charge in [-0.1, -0.05) is 18.2 Å². The van der Waals surface area contributed by atoms with Crippen LogP contribution >= 0.6 is 0 Å². The van der Waals surface area contributed by atoms with E-state index in [1.54, 1.807) is 13.4 Å². The van der Waals surface area contributed by atoms with E-state index in [0.717, 1.165) is 41.7 Å². The smallest absolute Gasteiger partial charge is 0.218 e. The highest BCUT2D eigenvalue weighted by Gasteiger charge is 2.31. The average Bonchev–Trinajstić information content (AvgIpc) is 3.22. The third-order valence-electron chi connectivity index (χ3n) is 5.38. The number of imidazole rings is 1. The Bertz CT molecular complexity index is 1110. The Balaban J connectivity index is 1.56. The quantitative estimate of drug-likeness (QED) is 0.595. The first-order valence-corrected chi connectivity index (χ1v) is 9.42. The number of benzene rings is 1. The van der Waals surface area contributed by atoms with E-state index >= 15 is 0 Å². The minimum atomic E-state index is 0.0779. The monoisotopic (exact) mass is 371 g/mol. The summed E-state index contributed by atoms with van der Waals surface area (Å²) in [4.78, 5) is 19.3. The number of methoxy groups -OCH3 is 1. The van der Waals surface area contributed by atoms with Crippen LogP contribution in [0.25, 0.3) is 10.9 Å². The maximum atomic E-state index is 5.62. The maximum Gasteiger partial charge on any atom is 0.218 e. The fraction of sp³-hybridized carbons (Fsp3) is 0.227. The number of aromatic amines is 1. The minimum Gasteiger partial charge on any atom is -0.481 e. The van der Waals surface area contributed by atoms with Crippen LogP contribution in [0.4, 0.5) is 0 Å². The lowest BCUT2D eigenvalue weighted by molar-refractivity contribution is 0.197. The third kappa shape index (κ3) is 2.92. The zero-order chi connectivity index (χ0) is 18.9. The van der Waals surface area contributed by atoms with E-state index in [2.05, 4.69) is 44.1 Å². The maximum absolute atomic E-state index is 5.62. The first-order valence-electron chi connectivity index (χ1n) is 9.42. The molecule has 0 amide bonds. The molecule has 0 saturated carbocycles. The Morgan fingerprint density at radius 1 is 1.18 bits per heavy atom. The van der Waals surface area contributed by atoms with Crippen LogP contribution in [-0.2, 0) is 13.0 Å². The molecule has 0 aliphatic carbocycles. The van der Waals surface area contributed by atoms with Gasteiger partial charge in [-0.15, -0.1) is 0 Å². The van der Waals surface area contributed by atoms with E-state index in [1.807, 2.05) is 30.6 Å². The van der Waals surface area contributed by atoms with E-state index in [-0.39, 0.29) is 6.04 Å². The molecule has 0 unspecified atom stereocenters. The molecule has 1 aliphatic rings. The van der Waals surface area contributed by atoms with Crippen molar-refractivity contribution in [2.75, 3.05) is 13.7 Å². The molecule has 1 aliphatic heterocycles. The number of hydrogen-bond donors (Lipinski definition) is 1. The van der Waals surface area contributed by atoms with E-state index in [1.165, 1.54) is 11.3 Å². The molecule has 3 aromatic heterocycles. The normalized spacial score (nSPS) is 16.8. The number of pyridine rings is 2. The van der Waals surface area contributed by atoms with Crippen molar-refractivity contribution < 1.29 is 4.74 Å². The van der Waals surface area contributed by atoms with Crippen LogP contribution in [0, 0.1) is 0 Å². The second-order valence-electron chi connectivity index (χ2n) is 7.02. The van der Waals surface area contributed by atoms with Gasteiger partial charge in [0.25, 0.3) is 0 Å². The molecule has 0 radical (unpaired) electrons. The molecule has 0 fully saturated rings. The van der Waals surface area contributed by atoms with Crippen molar-refractivity contribution in [1.82, 2.24) is 24.8 Å². The standard InChI is InChI=1S/C22H21N5O/c1-28-22-17(12-16-4-2-3-5-18(16)26-22)13-27-11-8-19-20(25-14-24-19)21(27)15-6-9-23-10-7-15/h2-7,9-10,12,14,21H,8,11,13H2,1H3,(H,24,25)/t21-/m0/s1. The lowest BCUT2D eigenvalue weighted by atomic mass is 9.95. The van der Waals surface area contributed by atoms with Gasteiger partial charge in [0, 0.05) is 48.5 Å². The summed E-state index contributed by atoms with van der Waals surface area (Å²) in [5, 5.41) is 1.12. The van der Waals surface area contributed by atoms with Gasteiger partial charge in [-0.05, 0) is 29.8 Å². The average molecular weight is 371 g/mol. The van der Waals surface area contributed by atoms with Crippen LogP contribution in [0.1, 0.15) is 28.6 Å². The molecular formula is C22H21N5O. The number of nitrogens with zero attached hydrogens (tertiary/aromatic N) is 4. The number of hydrogen-bond acceptors (Lipinski definition) is 5. The molecule has 0 spiro atoms.